The Morgan fingerprint density at radius 1 is 0.906 bits per heavy atom. The van der Waals surface area contributed by atoms with Crippen LogP contribution in [0.15, 0.2) is 60.2 Å². The fourth-order valence-electron chi connectivity index (χ4n) is 4.20. The monoisotopic (exact) mass is 436 g/mol. The molecule has 4 N–H and O–H groups in total. The van der Waals surface area contributed by atoms with Crippen LogP contribution < -0.4 is 5.73 Å². The van der Waals surface area contributed by atoms with Gasteiger partial charge in [-0.2, -0.15) is 5.10 Å². The maximum Gasteiger partial charge on any atom is 0.116 e. The van der Waals surface area contributed by atoms with E-state index in [1.54, 1.807) is 11.3 Å². The third-order valence-corrected chi connectivity index (χ3v) is 6.92. The number of nitrogens with zero attached hydrogens (tertiary/aromatic N) is 3. The molecule has 0 aliphatic rings. The molecule has 0 radical (unpaired) electrons. The van der Waals surface area contributed by atoms with Gasteiger partial charge in [-0.15, -0.1) is 11.3 Å². The van der Waals surface area contributed by atoms with Crippen LogP contribution in [0.2, 0.25) is 0 Å². The summed E-state index contributed by atoms with van der Waals surface area (Å²) in [6.45, 7) is 3.92. The highest BCUT2D eigenvalue weighted by molar-refractivity contribution is 7.13. The zero-order valence-electron chi connectivity index (χ0n) is 17.6. The number of anilines is 1. The quantitative estimate of drug-likeness (QED) is 0.312. The minimum Gasteiger partial charge on any atom is -0.397 e. The van der Waals surface area contributed by atoms with Crippen LogP contribution in [-0.4, -0.2) is 25.1 Å². The van der Waals surface area contributed by atoms with Gasteiger partial charge < -0.3 is 10.7 Å². The summed E-state index contributed by atoms with van der Waals surface area (Å²) < 4.78 is 0. The molecule has 5 aromatic heterocycles. The minimum atomic E-state index is 0.702. The average molecular weight is 437 g/mol. The zero-order chi connectivity index (χ0) is 21.8. The van der Waals surface area contributed by atoms with Crippen LogP contribution in [0.3, 0.4) is 0 Å². The third-order valence-electron chi connectivity index (χ3n) is 6.01. The lowest BCUT2D eigenvalue weighted by Crippen LogP contribution is -1.99. The number of fused-ring (bicyclic) bond motifs is 2. The normalized spacial score (nSPS) is 11.6. The van der Waals surface area contributed by atoms with Gasteiger partial charge in [0.05, 0.1) is 34.5 Å². The van der Waals surface area contributed by atoms with Crippen molar-refractivity contribution in [1.29, 1.82) is 0 Å². The van der Waals surface area contributed by atoms with E-state index in [9.17, 15) is 0 Å². The van der Waals surface area contributed by atoms with E-state index in [2.05, 4.69) is 73.0 Å². The Morgan fingerprint density at radius 3 is 2.66 bits per heavy atom. The number of H-pyrrole nitrogens is 2. The Labute approximate surface area is 188 Å². The van der Waals surface area contributed by atoms with Crippen molar-refractivity contribution in [3.63, 3.8) is 0 Å². The van der Waals surface area contributed by atoms with Gasteiger partial charge in [-0.1, -0.05) is 18.2 Å². The number of hydrogen-bond donors (Lipinski definition) is 3. The first-order chi connectivity index (χ1) is 15.6. The van der Waals surface area contributed by atoms with Crippen LogP contribution in [-0.2, 0) is 0 Å². The topological polar surface area (TPSA) is 96.3 Å². The molecule has 7 heteroatoms. The number of pyridine rings is 2. The first kappa shape index (κ1) is 18.8. The van der Waals surface area contributed by atoms with E-state index in [0.717, 1.165) is 50.3 Å². The molecular weight excluding hydrogens is 416 g/mol. The molecule has 0 bridgehead atoms. The smallest absolute Gasteiger partial charge is 0.116 e. The number of nitrogens with two attached hydrogens (primary N) is 1. The second-order valence-corrected chi connectivity index (χ2v) is 8.86. The summed E-state index contributed by atoms with van der Waals surface area (Å²) in [4.78, 5) is 13.9. The number of aromatic nitrogens is 5. The molecule has 0 aliphatic heterocycles. The second kappa shape index (κ2) is 7.03. The van der Waals surface area contributed by atoms with Crippen LogP contribution >= 0.6 is 11.3 Å². The van der Waals surface area contributed by atoms with Crippen molar-refractivity contribution in [2.24, 2.45) is 0 Å². The predicted molar refractivity (Wildman–Crippen MR) is 132 cm³/mol. The van der Waals surface area contributed by atoms with Crippen molar-refractivity contribution in [2.45, 2.75) is 13.8 Å². The number of aromatic amines is 2. The van der Waals surface area contributed by atoms with Gasteiger partial charge in [-0.3, -0.25) is 15.1 Å². The summed E-state index contributed by atoms with van der Waals surface area (Å²) in [5.74, 6) is 0. The van der Waals surface area contributed by atoms with E-state index < -0.39 is 0 Å². The summed E-state index contributed by atoms with van der Waals surface area (Å²) in [7, 11) is 0. The Kier molecular flexibility index (Phi) is 4.13. The van der Waals surface area contributed by atoms with Crippen molar-refractivity contribution in [3.05, 3.63) is 71.5 Å². The lowest BCUT2D eigenvalue weighted by molar-refractivity contribution is 1.11. The Hall–Kier alpha value is -3.97. The molecular formula is C25H20N6S. The van der Waals surface area contributed by atoms with E-state index >= 15 is 0 Å². The van der Waals surface area contributed by atoms with Gasteiger partial charge >= 0.3 is 0 Å². The molecule has 0 saturated carbocycles. The molecule has 0 aliphatic carbocycles. The number of aryl methyl sites for hydroxylation is 1. The van der Waals surface area contributed by atoms with Gasteiger partial charge in [0, 0.05) is 38.5 Å². The number of hydrogen-bond acceptors (Lipinski definition) is 5. The molecule has 5 heterocycles. The number of benzene rings is 1. The molecule has 6 aromatic rings. The molecule has 6 rings (SSSR count). The van der Waals surface area contributed by atoms with Gasteiger partial charge in [0.15, 0.2) is 0 Å². The van der Waals surface area contributed by atoms with Crippen LogP contribution in [0.4, 0.5) is 5.69 Å². The van der Waals surface area contributed by atoms with E-state index in [0.29, 0.717) is 5.69 Å². The second-order valence-electron chi connectivity index (χ2n) is 7.91. The SMILES string of the molecule is Cc1ncc(-c2cc3c(-c4cc5c(-c6cccs6)cccc5[nH]4)n[nH]c3cn2)c(C)c1N. The van der Waals surface area contributed by atoms with Crippen LogP contribution in [0.5, 0.6) is 0 Å². The van der Waals surface area contributed by atoms with Gasteiger partial charge in [0.2, 0.25) is 0 Å². The largest absolute Gasteiger partial charge is 0.397 e. The third kappa shape index (κ3) is 2.82. The molecule has 0 fully saturated rings. The van der Waals surface area contributed by atoms with Crippen LogP contribution in [0.1, 0.15) is 11.3 Å². The standard InChI is InChI=1S/C25H20N6S/c1-13-18(11-27-14(2)24(13)26)20-10-17-22(12-28-20)30-31-25(17)21-9-16-15(23-7-4-8-32-23)5-3-6-19(16)29-21/h3-12,29H,26H2,1-2H3,(H,30,31). The van der Waals surface area contributed by atoms with E-state index in [4.69, 9.17) is 5.73 Å². The molecule has 0 saturated heterocycles. The Bertz CT molecular complexity index is 1610. The highest BCUT2D eigenvalue weighted by Crippen LogP contribution is 2.36. The predicted octanol–water partition coefficient (Wildman–Crippen LogP) is 6.10. The Morgan fingerprint density at radius 2 is 1.81 bits per heavy atom. The fourth-order valence-corrected chi connectivity index (χ4v) is 4.97. The summed E-state index contributed by atoms with van der Waals surface area (Å²) in [6.07, 6.45) is 3.65. The highest BCUT2D eigenvalue weighted by Gasteiger charge is 2.16. The lowest BCUT2D eigenvalue weighted by atomic mass is 10.0. The maximum absolute atomic E-state index is 6.22. The minimum absolute atomic E-state index is 0.702. The van der Waals surface area contributed by atoms with Crippen LogP contribution in [0.25, 0.3) is 54.9 Å². The van der Waals surface area contributed by atoms with Crippen molar-refractivity contribution < 1.29 is 0 Å². The zero-order valence-corrected chi connectivity index (χ0v) is 18.4. The first-order valence-electron chi connectivity index (χ1n) is 10.3. The number of nitrogen functional groups attached to an aromatic ring is 1. The van der Waals surface area contributed by atoms with E-state index in [1.807, 2.05) is 26.2 Å². The average Bonchev–Trinajstić information content (AvgIpc) is 3.55. The molecule has 0 unspecified atom stereocenters. The summed E-state index contributed by atoms with van der Waals surface area (Å²) in [5, 5.41) is 12.0. The molecule has 32 heavy (non-hydrogen) atoms. The molecule has 1 aromatic carbocycles. The van der Waals surface area contributed by atoms with Crippen LogP contribution in [0, 0.1) is 13.8 Å². The van der Waals surface area contributed by atoms with Crippen molar-refractivity contribution in [1.82, 2.24) is 25.1 Å². The molecule has 0 spiro atoms. The first-order valence-corrected chi connectivity index (χ1v) is 11.2. The van der Waals surface area contributed by atoms with Gasteiger partial charge in [-0.25, -0.2) is 0 Å². The summed E-state index contributed by atoms with van der Waals surface area (Å²) in [6, 6.07) is 14.8. The number of thiophene rings is 1. The summed E-state index contributed by atoms with van der Waals surface area (Å²) in [5.41, 5.74) is 15.5. The highest BCUT2D eigenvalue weighted by atomic mass is 32.1. The maximum atomic E-state index is 6.22. The van der Waals surface area contributed by atoms with Crippen molar-refractivity contribution >= 4 is 38.8 Å². The van der Waals surface area contributed by atoms with Crippen molar-refractivity contribution in [2.75, 3.05) is 5.73 Å². The molecule has 0 atom stereocenters. The van der Waals surface area contributed by atoms with Gasteiger partial charge in [0.25, 0.3) is 0 Å². The molecule has 6 nitrogen and oxygen atoms in total. The van der Waals surface area contributed by atoms with E-state index in [-0.39, 0.29) is 0 Å². The summed E-state index contributed by atoms with van der Waals surface area (Å²) >= 11 is 1.74. The fraction of sp³-hybridized carbons (Fsp3) is 0.0800. The van der Waals surface area contributed by atoms with Gasteiger partial charge in [-0.05, 0) is 49.1 Å². The molecule has 0 amide bonds. The van der Waals surface area contributed by atoms with E-state index in [1.165, 1.54) is 15.8 Å². The van der Waals surface area contributed by atoms with Crippen molar-refractivity contribution in [3.8, 4) is 33.1 Å². The lowest BCUT2D eigenvalue weighted by Gasteiger charge is -2.09. The van der Waals surface area contributed by atoms with Gasteiger partial charge in [0.1, 0.15) is 5.69 Å². The number of nitrogens with one attached hydrogen (secondary N) is 2. The Balaban J connectivity index is 1.52. The number of rotatable bonds is 3. The molecule has 156 valence electrons.